The fourth-order valence-electron chi connectivity index (χ4n) is 3.25. The number of benzene rings is 2. The van der Waals surface area contributed by atoms with Gasteiger partial charge >= 0.3 is 0 Å². The van der Waals surface area contributed by atoms with Crippen molar-refractivity contribution in [1.29, 1.82) is 0 Å². The SMILES string of the molecule is Oc1c(N=NC(=S)Nc2ccccc2)c2cc(F)ccc2n1CN1CCOCC1. The molecule has 1 aliphatic heterocycles. The van der Waals surface area contributed by atoms with Crippen molar-refractivity contribution in [3.63, 3.8) is 0 Å². The first-order valence-corrected chi connectivity index (χ1v) is 9.61. The number of fused-ring (bicyclic) bond motifs is 1. The molecule has 29 heavy (non-hydrogen) atoms. The van der Waals surface area contributed by atoms with E-state index >= 15 is 0 Å². The van der Waals surface area contributed by atoms with Gasteiger partial charge in [0.25, 0.3) is 0 Å². The third-order valence-electron chi connectivity index (χ3n) is 4.68. The van der Waals surface area contributed by atoms with Gasteiger partial charge in [0.1, 0.15) is 5.82 Å². The second-order valence-electron chi connectivity index (χ2n) is 6.63. The van der Waals surface area contributed by atoms with E-state index in [4.69, 9.17) is 17.0 Å². The van der Waals surface area contributed by atoms with Crippen molar-refractivity contribution in [2.45, 2.75) is 6.67 Å². The van der Waals surface area contributed by atoms with Crippen LogP contribution in [-0.2, 0) is 11.4 Å². The van der Waals surface area contributed by atoms with E-state index in [1.807, 2.05) is 30.3 Å². The minimum absolute atomic E-state index is 0.0802. The molecule has 2 aromatic carbocycles. The molecule has 7 nitrogen and oxygen atoms in total. The maximum absolute atomic E-state index is 13.9. The molecule has 3 aromatic rings. The van der Waals surface area contributed by atoms with E-state index in [0.717, 1.165) is 18.8 Å². The molecule has 1 fully saturated rings. The van der Waals surface area contributed by atoms with E-state index in [1.54, 1.807) is 10.6 Å². The number of ether oxygens (including phenoxy) is 1. The maximum atomic E-state index is 13.9. The summed E-state index contributed by atoms with van der Waals surface area (Å²) < 4.78 is 20.9. The number of halogens is 1. The van der Waals surface area contributed by atoms with E-state index in [9.17, 15) is 9.50 Å². The van der Waals surface area contributed by atoms with Gasteiger partial charge < -0.3 is 15.2 Å². The molecule has 150 valence electrons. The molecule has 0 bridgehead atoms. The van der Waals surface area contributed by atoms with Gasteiger partial charge in [0.15, 0.2) is 5.69 Å². The lowest BCUT2D eigenvalue weighted by atomic mass is 10.2. The number of thiocarbonyl (C=S) groups is 1. The van der Waals surface area contributed by atoms with Crippen LogP contribution >= 0.6 is 12.2 Å². The van der Waals surface area contributed by atoms with Gasteiger partial charge in [-0.05, 0) is 42.5 Å². The van der Waals surface area contributed by atoms with Gasteiger partial charge in [-0.25, -0.2) is 4.39 Å². The Bertz CT molecular complexity index is 1050. The summed E-state index contributed by atoms with van der Waals surface area (Å²) in [7, 11) is 0. The van der Waals surface area contributed by atoms with Gasteiger partial charge in [0.2, 0.25) is 11.0 Å². The number of nitrogens with one attached hydrogen (secondary N) is 1. The lowest BCUT2D eigenvalue weighted by molar-refractivity contribution is 0.0231. The van der Waals surface area contributed by atoms with Crippen LogP contribution in [0.5, 0.6) is 5.88 Å². The summed E-state index contributed by atoms with van der Waals surface area (Å²) in [6.45, 7) is 3.23. The highest BCUT2D eigenvalue weighted by Crippen LogP contribution is 2.39. The van der Waals surface area contributed by atoms with E-state index in [2.05, 4.69) is 20.4 Å². The maximum Gasteiger partial charge on any atom is 0.221 e. The fraction of sp³-hybridized carbons (Fsp3) is 0.250. The Balaban J connectivity index is 1.63. The van der Waals surface area contributed by atoms with Crippen LogP contribution in [0.1, 0.15) is 0 Å². The first-order chi connectivity index (χ1) is 14.1. The standard InChI is InChI=1S/C20H20FN5O2S/c21-14-6-7-17-16(12-14)18(19(27)26(17)13-25-8-10-28-11-9-25)23-24-20(29)22-15-4-2-1-3-5-15/h1-7,12,27H,8-11,13H2,(H,22,29). The first kappa shape index (κ1) is 19.4. The molecule has 0 amide bonds. The molecule has 0 atom stereocenters. The predicted octanol–water partition coefficient (Wildman–Crippen LogP) is 4.26. The second kappa shape index (κ2) is 8.64. The minimum atomic E-state index is -0.414. The van der Waals surface area contributed by atoms with Crippen LogP contribution in [0.2, 0.25) is 0 Å². The molecular weight excluding hydrogens is 393 g/mol. The Labute approximate surface area is 172 Å². The number of morpholine rings is 1. The quantitative estimate of drug-likeness (QED) is 0.494. The Hall–Kier alpha value is -2.88. The highest BCUT2D eigenvalue weighted by molar-refractivity contribution is 7.80. The number of aromatic nitrogens is 1. The van der Waals surface area contributed by atoms with Gasteiger partial charge in [-0.3, -0.25) is 9.47 Å². The molecule has 0 spiro atoms. The van der Waals surface area contributed by atoms with Gasteiger partial charge in [-0.1, -0.05) is 18.2 Å². The summed E-state index contributed by atoms with van der Waals surface area (Å²) >= 11 is 5.21. The van der Waals surface area contributed by atoms with Crippen LogP contribution in [0.15, 0.2) is 58.8 Å². The summed E-state index contributed by atoms with van der Waals surface area (Å²) in [6.07, 6.45) is 0. The molecule has 9 heteroatoms. The normalized spacial score (nSPS) is 15.2. The zero-order chi connectivity index (χ0) is 20.2. The molecule has 0 saturated carbocycles. The third kappa shape index (κ3) is 4.42. The summed E-state index contributed by atoms with van der Waals surface area (Å²) in [5.74, 6) is -0.495. The molecule has 0 aliphatic carbocycles. The van der Waals surface area contributed by atoms with Crippen molar-refractivity contribution in [1.82, 2.24) is 9.47 Å². The zero-order valence-corrected chi connectivity index (χ0v) is 16.4. The first-order valence-electron chi connectivity index (χ1n) is 9.20. The lowest BCUT2D eigenvalue weighted by Gasteiger charge is -2.27. The summed E-state index contributed by atoms with van der Waals surface area (Å²) in [5.41, 5.74) is 1.64. The zero-order valence-electron chi connectivity index (χ0n) is 15.6. The number of hydrogen-bond acceptors (Lipinski definition) is 5. The largest absolute Gasteiger partial charge is 0.493 e. The summed E-state index contributed by atoms with van der Waals surface area (Å²) in [5, 5.41) is 22.5. The Kier molecular flexibility index (Phi) is 5.79. The topological polar surface area (TPSA) is 74.4 Å². The fourth-order valence-corrected chi connectivity index (χ4v) is 3.40. The van der Waals surface area contributed by atoms with E-state index < -0.39 is 5.82 Å². The van der Waals surface area contributed by atoms with Crippen molar-refractivity contribution in [2.75, 3.05) is 31.6 Å². The minimum Gasteiger partial charge on any atom is -0.493 e. The smallest absolute Gasteiger partial charge is 0.221 e. The van der Waals surface area contributed by atoms with Gasteiger partial charge in [0, 0.05) is 24.2 Å². The lowest BCUT2D eigenvalue weighted by Crippen LogP contribution is -2.37. The molecule has 0 radical (unpaired) electrons. The average Bonchev–Trinajstić information content (AvgIpc) is 2.98. The van der Waals surface area contributed by atoms with Crippen molar-refractivity contribution in [3.8, 4) is 5.88 Å². The summed E-state index contributed by atoms with van der Waals surface area (Å²) in [4.78, 5) is 2.15. The van der Waals surface area contributed by atoms with Gasteiger partial charge in [0.05, 0.1) is 25.4 Å². The van der Waals surface area contributed by atoms with E-state index in [1.165, 1.54) is 12.1 Å². The third-order valence-corrected chi connectivity index (χ3v) is 4.87. The van der Waals surface area contributed by atoms with Crippen molar-refractivity contribution in [2.24, 2.45) is 10.2 Å². The highest BCUT2D eigenvalue weighted by atomic mass is 32.1. The Morgan fingerprint density at radius 1 is 1.17 bits per heavy atom. The molecular formula is C20H20FN5O2S. The number of aromatic hydroxyl groups is 1. The number of azo groups is 1. The number of rotatable bonds is 4. The van der Waals surface area contributed by atoms with Crippen LogP contribution in [0.3, 0.4) is 0 Å². The average molecular weight is 413 g/mol. The highest BCUT2D eigenvalue weighted by Gasteiger charge is 2.20. The molecule has 1 aliphatic rings. The second-order valence-corrected chi connectivity index (χ2v) is 7.02. The van der Waals surface area contributed by atoms with Crippen LogP contribution < -0.4 is 5.32 Å². The van der Waals surface area contributed by atoms with Crippen molar-refractivity contribution in [3.05, 3.63) is 54.3 Å². The van der Waals surface area contributed by atoms with Crippen molar-refractivity contribution < 1.29 is 14.2 Å². The number of anilines is 1. The predicted molar refractivity (Wildman–Crippen MR) is 113 cm³/mol. The van der Waals surface area contributed by atoms with Gasteiger partial charge in [-0.2, -0.15) is 0 Å². The van der Waals surface area contributed by atoms with Crippen molar-refractivity contribution >= 4 is 39.6 Å². The van der Waals surface area contributed by atoms with Crippen LogP contribution in [0, 0.1) is 5.82 Å². The molecule has 0 unspecified atom stereocenters. The number of para-hydroxylation sites is 1. The molecule has 1 aromatic heterocycles. The number of nitrogens with zero attached hydrogens (tertiary/aromatic N) is 4. The molecule has 1 saturated heterocycles. The van der Waals surface area contributed by atoms with E-state index in [-0.39, 0.29) is 16.7 Å². The van der Waals surface area contributed by atoms with E-state index in [0.29, 0.717) is 30.8 Å². The number of hydrogen-bond donors (Lipinski definition) is 2. The van der Waals surface area contributed by atoms with Crippen LogP contribution in [0.25, 0.3) is 10.9 Å². The molecule has 2 N–H and O–H groups in total. The Morgan fingerprint density at radius 3 is 2.69 bits per heavy atom. The van der Waals surface area contributed by atoms with Crippen LogP contribution in [0.4, 0.5) is 15.8 Å². The Morgan fingerprint density at radius 2 is 1.93 bits per heavy atom. The monoisotopic (exact) mass is 413 g/mol. The molecule has 4 rings (SSSR count). The molecule has 2 heterocycles. The van der Waals surface area contributed by atoms with Gasteiger partial charge in [-0.15, -0.1) is 10.2 Å². The summed E-state index contributed by atoms with van der Waals surface area (Å²) in [6, 6.07) is 13.7. The van der Waals surface area contributed by atoms with Crippen LogP contribution in [-0.4, -0.2) is 46.0 Å².